The van der Waals surface area contributed by atoms with Crippen LogP contribution in [0.2, 0.25) is 0 Å². The summed E-state index contributed by atoms with van der Waals surface area (Å²) in [5, 5.41) is 5.82. The number of anilines is 2. The first kappa shape index (κ1) is 25.2. The van der Waals surface area contributed by atoms with E-state index in [9.17, 15) is 9.59 Å². The van der Waals surface area contributed by atoms with E-state index in [1.54, 1.807) is 36.4 Å². The highest BCUT2D eigenvalue weighted by molar-refractivity contribution is 9.10. The third-order valence-electron chi connectivity index (χ3n) is 5.57. The second-order valence-electron chi connectivity index (χ2n) is 8.29. The van der Waals surface area contributed by atoms with Crippen LogP contribution in [-0.2, 0) is 17.6 Å². The van der Waals surface area contributed by atoms with E-state index in [0.717, 1.165) is 16.5 Å². The minimum Gasteiger partial charge on any atom is -0.492 e. The molecule has 4 rings (SSSR count). The van der Waals surface area contributed by atoms with Crippen LogP contribution in [0, 0.1) is 0 Å². The van der Waals surface area contributed by atoms with Crippen molar-refractivity contribution in [2.45, 2.75) is 19.3 Å². The smallest absolute Gasteiger partial charge is 0.259 e. The molecule has 0 saturated heterocycles. The molecule has 0 aliphatic carbocycles. The molecular formula is C30H27BrN2O3. The maximum absolute atomic E-state index is 13.1. The van der Waals surface area contributed by atoms with Gasteiger partial charge in [-0.15, -0.1) is 0 Å². The van der Waals surface area contributed by atoms with E-state index in [4.69, 9.17) is 4.74 Å². The number of aryl methyl sites for hydroxylation is 1. The molecule has 0 aromatic heterocycles. The Labute approximate surface area is 219 Å². The molecule has 5 nitrogen and oxygen atoms in total. The van der Waals surface area contributed by atoms with Crippen molar-refractivity contribution in [2.75, 3.05) is 17.2 Å². The van der Waals surface area contributed by atoms with Crippen LogP contribution < -0.4 is 15.4 Å². The maximum atomic E-state index is 13.1. The van der Waals surface area contributed by atoms with Crippen molar-refractivity contribution in [1.29, 1.82) is 0 Å². The quantitative estimate of drug-likeness (QED) is 0.229. The summed E-state index contributed by atoms with van der Waals surface area (Å²) in [6, 6.07) is 32.4. The number of halogens is 1. The molecule has 4 aromatic carbocycles. The molecule has 0 saturated carbocycles. The minimum absolute atomic E-state index is 0.0802. The molecule has 0 fully saturated rings. The van der Waals surface area contributed by atoms with Gasteiger partial charge in [-0.3, -0.25) is 9.59 Å². The fraction of sp³-hybridized carbons (Fsp3) is 0.133. The van der Waals surface area contributed by atoms with Crippen molar-refractivity contribution in [3.8, 4) is 5.75 Å². The van der Waals surface area contributed by atoms with Crippen LogP contribution in [0.1, 0.15) is 27.9 Å². The molecule has 0 unspecified atom stereocenters. The van der Waals surface area contributed by atoms with Crippen LogP contribution in [-0.4, -0.2) is 18.4 Å². The van der Waals surface area contributed by atoms with Crippen molar-refractivity contribution >= 4 is 39.1 Å². The van der Waals surface area contributed by atoms with Crippen molar-refractivity contribution in [3.05, 3.63) is 124 Å². The van der Waals surface area contributed by atoms with Gasteiger partial charge in [0, 0.05) is 28.7 Å². The average molecular weight is 543 g/mol. The summed E-state index contributed by atoms with van der Waals surface area (Å²) in [5.41, 5.74) is 3.91. The predicted octanol–water partition coefficient (Wildman–Crippen LogP) is 6.89. The molecule has 182 valence electrons. The van der Waals surface area contributed by atoms with Gasteiger partial charge in [-0.25, -0.2) is 0 Å². The fourth-order valence-electron chi connectivity index (χ4n) is 3.73. The number of benzene rings is 4. The lowest BCUT2D eigenvalue weighted by Crippen LogP contribution is -2.15. The van der Waals surface area contributed by atoms with Crippen LogP contribution in [0.4, 0.5) is 11.4 Å². The van der Waals surface area contributed by atoms with Gasteiger partial charge in [0.2, 0.25) is 5.91 Å². The molecular weight excluding hydrogens is 516 g/mol. The van der Waals surface area contributed by atoms with Gasteiger partial charge < -0.3 is 15.4 Å². The third-order valence-corrected chi connectivity index (χ3v) is 6.06. The number of carbonyl (C=O) groups is 2. The first-order valence-corrected chi connectivity index (χ1v) is 12.6. The van der Waals surface area contributed by atoms with Gasteiger partial charge >= 0.3 is 0 Å². The highest BCUT2D eigenvalue weighted by Crippen LogP contribution is 2.25. The van der Waals surface area contributed by atoms with Gasteiger partial charge in [-0.05, 0) is 53.9 Å². The molecule has 2 amide bonds. The van der Waals surface area contributed by atoms with Crippen LogP contribution in [0.25, 0.3) is 0 Å². The number of hydrogen-bond acceptors (Lipinski definition) is 3. The van der Waals surface area contributed by atoms with E-state index in [1.165, 1.54) is 5.56 Å². The Morgan fingerprint density at radius 2 is 1.33 bits per heavy atom. The number of hydrogen-bond donors (Lipinski definition) is 2. The summed E-state index contributed by atoms with van der Waals surface area (Å²) < 4.78 is 6.74. The van der Waals surface area contributed by atoms with E-state index < -0.39 is 0 Å². The zero-order valence-electron chi connectivity index (χ0n) is 19.7. The molecule has 0 heterocycles. The Morgan fingerprint density at radius 3 is 2.03 bits per heavy atom. The molecule has 0 bridgehead atoms. The lowest BCUT2D eigenvalue weighted by Gasteiger charge is -2.13. The van der Waals surface area contributed by atoms with Gasteiger partial charge in [0.15, 0.2) is 0 Å². The summed E-state index contributed by atoms with van der Waals surface area (Å²) >= 11 is 3.44. The standard InChI is InChI=1S/C30H27BrN2O3/c31-24-15-16-28(36-19-18-23-10-5-2-6-11-23)27(20-24)30(35)33-26-13-7-12-25(21-26)32-29(34)17-14-22-8-3-1-4-9-22/h1-13,15-16,20-21H,14,17-19H2,(H,32,34)(H,33,35). The molecule has 0 aliphatic heterocycles. The van der Waals surface area contributed by atoms with Gasteiger partial charge in [0.1, 0.15) is 5.75 Å². The second-order valence-corrected chi connectivity index (χ2v) is 9.21. The Morgan fingerprint density at radius 1 is 0.694 bits per heavy atom. The first-order valence-electron chi connectivity index (χ1n) is 11.8. The van der Waals surface area contributed by atoms with E-state index in [0.29, 0.717) is 42.1 Å². The number of carbonyl (C=O) groups excluding carboxylic acids is 2. The van der Waals surface area contributed by atoms with E-state index >= 15 is 0 Å². The van der Waals surface area contributed by atoms with Crippen molar-refractivity contribution in [1.82, 2.24) is 0 Å². The van der Waals surface area contributed by atoms with E-state index in [1.807, 2.05) is 66.7 Å². The van der Waals surface area contributed by atoms with Crippen molar-refractivity contribution in [2.24, 2.45) is 0 Å². The molecule has 0 atom stereocenters. The average Bonchev–Trinajstić information content (AvgIpc) is 2.90. The Hall–Kier alpha value is -3.90. The highest BCUT2D eigenvalue weighted by Gasteiger charge is 2.14. The monoisotopic (exact) mass is 542 g/mol. The molecule has 0 aliphatic rings. The summed E-state index contributed by atoms with van der Waals surface area (Å²) in [5.74, 6) is 0.138. The van der Waals surface area contributed by atoms with Crippen molar-refractivity contribution in [3.63, 3.8) is 0 Å². The van der Waals surface area contributed by atoms with Gasteiger partial charge in [-0.2, -0.15) is 0 Å². The largest absolute Gasteiger partial charge is 0.492 e. The number of rotatable bonds is 10. The summed E-state index contributed by atoms with van der Waals surface area (Å²) in [4.78, 5) is 25.5. The zero-order valence-corrected chi connectivity index (χ0v) is 21.3. The highest BCUT2D eigenvalue weighted by atomic mass is 79.9. The Kier molecular flexibility index (Phi) is 8.89. The molecule has 2 N–H and O–H groups in total. The van der Waals surface area contributed by atoms with Crippen LogP contribution >= 0.6 is 15.9 Å². The molecule has 36 heavy (non-hydrogen) atoms. The normalized spacial score (nSPS) is 10.5. The number of ether oxygens (including phenoxy) is 1. The van der Waals surface area contributed by atoms with Crippen LogP contribution in [0.15, 0.2) is 108 Å². The molecule has 0 radical (unpaired) electrons. The molecule has 0 spiro atoms. The fourth-order valence-corrected chi connectivity index (χ4v) is 4.09. The van der Waals surface area contributed by atoms with Gasteiger partial charge in [0.25, 0.3) is 5.91 Å². The Bertz CT molecular complexity index is 1310. The summed E-state index contributed by atoms with van der Waals surface area (Å²) in [7, 11) is 0. The summed E-state index contributed by atoms with van der Waals surface area (Å²) in [6.45, 7) is 0.455. The topological polar surface area (TPSA) is 67.4 Å². The minimum atomic E-state index is -0.293. The zero-order chi connectivity index (χ0) is 25.2. The number of amides is 2. The SMILES string of the molecule is O=C(CCc1ccccc1)Nc1cccc(NC(=O)c2cc(Br)ccc2OCCc2ccccc2)c1. The lowest BCUT2D eigenvalue weighted by atomic mass is 10.1. The third kappa shape index (κ3) is 7.55. The first-order chi connectivity index (χ1) is 17.6. The van der Waals surface area contributed by atoms with Gasteiger partial charge in [-0.1, -0.05) is 82.7 Å². The predicted molar refractivity (Wildman–Crippen MR) is 148 cm³/mol. The molecule has 6 heteroatoms. The summed E-state index contributed by atoms with van der Waals surface area (Å²) in [6.07, 6.45) is 1.78. The van der Waals surface area contributed by atoms with Crippen LogP contribution in [0.3, 0.4) is 0 Å². The second kappa shape index (κ2) is 12.7. The van der Waals surface area contributed by atoms with Crippen molar-refractivity contribution < 1.29 is 14.3 Å². The molecule has 4 aromatic rings. The Balaban J connectivity index is 1.36. The van der Waals surface area contributed by atoms with Gasteiger partial charge in [0.05, 0.1) is 12.2 Å². The number of nitrogens with one attached hydrogen (secondary N) is 2. The maximum Gasteiger partial charge on any atom is 0.259 e. The van der Waals surface area contributed by atoms with Crippen LogP contribution in [0.5, 0.6) is 5.75 Å². The van der Waals surface area contributed by atoms with E-state index in [-0.39, 0.29) is 11.8 Å². The lowest BCUT2D eigenvalue weighted by molar-refractivity contribution is -0.116. The van der Waals surface area contributed by atoms with E-state index in [2.05, 4.69) is 26.6 Å².